The van der Waals surface area contributed by atoms with E-state index in [-0.39, 0.29) is 6.04 Å². The second-order valence-corrected chi connectivity index (χ2v) is 8.53. The zero-order chi connectivity index (χ0) is 15.6. The number of nitrogens with zero attached hydrogens (tertiary/aromatic N) is 2. The Morgan fingerprint density at radius 2 is 2.05 bits per heavy atom. The van der Waals surface area contributed by atoms with Gasteiger partial charge >= 0.3 is 0 Å². The number of hydrogen-bond acceptors (Lipinski definition) is 4. The van der Waals surface area contributed by atoms with Crippen LogP contribution in [0, 0.1) is 0 Å². The highest BCUT2D eigenvalue weighted by atomic mass is 32.2. The van der Waals surface area contributed by atoms with Crippen LogP contribution >= 0.6 is 11.3 Å². The molecule has 1 aliphatic heterocycles. The normalized spacial score (nSPS) is 17.9. The van der Waals surface area contributed by atoms with E-state index in [4.69, 9.17) is 0 Å². The second kappa shape index (κ2) is 6.54. The van der Waals surface area contributed by atoms with Crippen molar-refractivity contribution in [1.82, 2.24) is 14.2 Å². The Bertz CT molecular complexity index is 701. The number of nitrogens with one attached hydrogen (secondary N) is 1. The van der Waals surface area contributed by atoms with Gasteiger partial charge in [-0.2, -0.15) is 0 Å². The van der Waals surface area contributed by atoms with E-state index in [0.717, 1.165) is 18.8 Å². The highest BCUT2D eigenvalue weighted by Gasteiger charge is 2.27. The van der Waals surface area contributed by atoms with E-state index in [1.54, 1.807) is 17.5 Å². The van der Waals surface area contributed by atoms with Crippen molar-refractivity contribution in [3.63, 3.8) is 0 Å². The summed E-state index contributed by atoms with van der Waals surface area (Å²) in [6.45, 7) is 2.45. The van der Waals surface area contributed by atoms with Crippen molar-refractivity contribution in [3.05, 3.63) is 41.5 Å². The lowest BCUT2D eigenvalue weighted by Gasteiger charge is -2.28. The first kappa shape index (κ1) is 15.7. The third-order valence-corrected chi connectivity index (χ3v) is 6.95. The molecule has 2 aromatic heterocycles. The SMILES string of the molecule is Cn1cccc1C(CNS(=O)(=O)c1cccs1)N1CCCC1. The predicted octanol–water partition coefficient (Wildman–Crippen LogP) is 2.20. The standard InChI is InChI=1S/C15H21N3O2S2/c1-17-8-4-6-13(17)14(18-9-2-3-10-18)12-16-22(19,20)15-7-5-11-21-15/h4-8,11,14,16H,2-3,9-10,12H2,1H3. The van der Waals surface area contributed by atoms with Gasteiger partial charge in [0.2, 0.25) is 10.0 Å². The molecule has 2 aromatic rings. The molecule has 0 spiro atoms. The van der Waals surface area contributed by atoms with E-state index in [1.807, 2.05) is 19.3 Å². The highest BCUT2D eigenvalue weighted by molar-refractivity contribution is 7.91. The van der Waals surface area contributed by atoms with Crippen molar-refractivity contribution in [2.75, 3.05) is 19.6 Å². The molecular formula is C15H21N3O2S2. The minimum absolute atomic E-state index is 0.0808. The van der Waals surface area contributed by atoms with Gasteiger partial charge in [0, 0.05) is 25.5 Å². The largest absolute Gasteiger partial charge is 0.353 e. The quantitative estimate of drug-likeness (QED) is 0.878. The summed E-state index contributed by atoms with van der Waals surface area (Å²) in [5.74, 6) is 0. The minimum atomic E-state index is -3.41. The summed E-state index contributed by atoms with van der Waals surface area (Å²) >= 11 is 1.25. The van der Waals surface area contributed by atoms with E-state index in [1.165, 1.54) is 24.2 Å². The van der Waals surface area contributed by atoms with Crippen LogP contribution in [-0.2, 0) is 17.1 Å². The highest BCUT2D eigenvalue weighted by Crippen LogP contribution is 2.25. The Morgan fingerprint density at radius 3 is 2.64 bits per heavy atom. The van der Waals surface area contributed by atoms with E-state index in [9.17, 15) is 8.42 Å². The lowest BCUT2D eigenvalue weighted by Crippen LogP contribution is -2.37. The third-order valence-electron chi connectivity index (χ3n) is 4.13. The summed E-state index contributed by atoms with van der Waals surface area (Å²) < 4.78 is 29.9. The van der Waals surface area contributed by atoms with Gasteiger partial charge in [0.25, 0.3) is 0 Å². The summed E-state index contributed by atoms with van der Waals surface area (Å²) in [6, 6.07) is 7.56. The summed E-state index contributed by atoms with van der Waals surface area (Å²) in [5, 5.41) is 1.78. The molecule has 0 bridgehead atoms. The molecule has 7 heteroatoms. The monoisotopic (exact) mass is 339 g/mol. The van der Waals surface area contributed by atoms with Crippen LogP contribution in [0.2, 0.25) is 0 Å². The van der Waals surface area contributed by atoms with E-state index in [0.29, 0.717) is 10.8 Å². The molecule has 1 aliphatic rings. The molecule has 1 unspecified atom stereocenters. The van der Waals surface area contributed by atoms with Crippen molar-refractivity contribution in [2.45, 2.75) is 23.1 Å². The van der Waals surface area contributed by atoms with Gasteiger partial charge in [-0.1, -0.05) is 6.07 Å². The molecule has 0 amide bonds. The Labute approximate surface area is 135 Å². The Morgan fingerprint density at radius 1 is 1.27 bits per heavy atom. The van der Waals surface area contributed by atoms with Gasteiger partial charge in [-0.3, -0.25) is 4.90 Å². The van der Waals surface area contributed by atoms with Gasteiger partial charge < -0.3 is 4.57 Å². The van der Waals surface area contributed by atoms with Crippen molar-refractivity contribution in [2.24, 2.45) is 7.05 Å². The fraction of sp³-hybridized carbons (Fsp3) is 0.467. The number of rotatable bonds is 6. The fourth-order valence-corrected chi connectivity index (χ4v) is 5.05. The molecule has 1 N–H and O–H groups in total. The summed E-state index contributed by atoms with van der Waals surface area (Å²) in [5.41, 5.74) is 1.15. The molecule has 1 fully saturated rings. The molecule has 0 aromatic carbocycles. The van der Waals surface area contributed by atoms with Crippen LogP contribution in [0.3, 0.4) is 0 Å². The van der Waals surface area contributed by atoms with Gasteiger partial charge in [-0.25, -0.2) is 13.1 Å². The summed E-state index contributed by atoms with van der Waals surface area (Å²) in [7, 11) is -1.41. The number of thiophene rings is 1. The van der Waals surface area contributed by atoms with Crippen LogP contribution in [0.25, 0.3) is 0 Å². The first-order valence-corrected chi connectivity index (χ1v) is 9.83. The average molecular weight is 339 g/mol. The number of aryl methyl sites for hydroxylation is 1. The third kappa shape index (κ3) is 3.27. The predicted molar refractivity (Wildman–Crippen MR) is 88.5 cm³/mol. The number of sulfonamides is 1. The number of aromatic nitrogens is 1. The Hall–Kier alpha value is -1.15. The Balaban J connectivity index is 1.78. The molecule has 3 heterocycles. The molecule has 1 atom stereocenters. The topological polar surface area (TPSA) is 54.3 Å². The fourth-order valence-electron chi connectivity index (χ4n) is 2.97. The number of hydrogen-bond donors (Lipinski definition) is 1. The second-order valence-electron chi connectivity index (χ2n) is 5.59. The molecular weight excluding hydrogens is 318 g/mol. The lowest BCUT2D eigenvalue weighted by molar-refractivity contribution is 0.238. The van der Waals surface area contributed by atoms with Crippen LogP contribution in [0.4, 0.5) is 0 Å². The summed E-state index contributed by atoms with van der Waals surface area (Å²) in [6.07, 6.45) is 4.36. The first-order valence-electron chi connectivity index (χ1n) is 7.46. The molecule has 120 valence electrons. The van der Waals surface area contributed by atoms with Crippen LogP contribution < -0.4 is 4.72 Å². The first-order chi connectivity index (χ1) is 10.6. The molecule has 0 saturated carbocycles. The zero-order valence-corrected chi connectivity index (χ0v) is 14.2. The van der Waals surface area contributed by atoms with Crippen LogP contribution in [0.1, 0.15) is 24.6 Å². The summed E-state index contributed by atoms with van der Waals surface area (Å²) in [4.78, 5) is 2.37. The van der Waals surface area contributed by atoms with Crippen molar-refractivity contribution in [1.29, 1.82) is 0 Å². The molecule has 1 saturated heterocycles. The van der Waals surface area contributed by atoms with Crippen molar-refractivity contribution in [3.8, 4) is 0 Å². The molecule has 5 nitrogen and oxygen atoms in total. The van der Waals surface area contributed by atoms with Gasteiger partial charge in [0.05, 0.1) is 6.04 Å². The smallest absolute Gasteiger partial charge is 0.250 e. The number of likely N-dealkylation sites (tertiary alicyclic amines) is 1. The molecule has 3 rings (SSSR count). The van der Waals surface area contributed by atoms with Crippen LogP contribution in [0.5, 0.6) is 0 Å². The van der Waals surface area contributed by atoms with E-state index >= 15 is 0 Å². The lowest BCUT2D eigenvalue weighted by atomic mass is 10.2. The Kier molecular flexibility index (Phi) is 4.67. The maximum Gasteiger partial charge on any atom is 0.250 e. The maximum absolute atomic E-state index is 12.3. The minimum Gasteiger partial charge on any atom is -0.353 e. The van der Waals surface area contributed by atoms with Crippen LogP contribution in [-0.4, -0.2) is 37.5 Å². The van der Waals surface area contributed by atoms with E-state index < -0.39 is 10.0 Å². The van der Waals surface area contributed by atoms with Gasteiger partial charge in [0.15, 0.2) is 0 Å². The zero-order valence-electron chi connectivity index (χ0n) is 12.6. The van der Waals surface area contributed by atoms with Crippen LogP contribution in [0.15, 0.2) is 40.1 Å². The molecule has 0 aliphatic carbocycles. The van der Waals surface area contributed by atoms with Gasteiger partial charge in [0.1, 0.15) is 4.21 Å². The van der Waals surface area contributed by atoms with Crippen molar-refractivity contribution >= 4 is 21.4 Å². The molecule has 0 radical (unpaired) electrons. The van der Waals surface area contributed by atoms with Crippen molar-refractivity contribution < 1.29 is 8.42 Å². The van der Waals surface area contributed by atoms with E-state index in [2.05, 4.69) is 20.3 Å². The molecule has 22 heavy (non-hydrogen) atoms. The maximum atomic E-state index is 12.3. The average Bonchev–Trinajstić information content (AvgIpc) is 3.21. The van der Waals surface area contributed by atoms with Gasteiger partial charge in [-0.15, -0.1) is 11.3 Å². The van der Waals surface area contributed by atoms with Gasteiger partial charge in [-0.05, 0) is 49.5 Å².